The van der Waals surface area contributed by atoms with Gasteiger partial charge in [-0.25, -0.2) is 4.98 Å². The van der Waals surface area contributed by atoms with E-state index in [1.165, 1.54) is 12.3 Å². The van der Waals surface area contributed by atoms with Crippen molar-refractivity contribution in [3.63, 3.8) is 0 Å². The van der Waals surface area contributed by atoms with E-state index in [0.717, 1.165) is 5.56 Å². The minimum absolute atomic E-state index is 0.0142. The molecule has 0 bridgehead atoms. The molecule has 0 amide bonds. The molecule has 0 saturated heterocycles. The molecular formula is C13H19N5O2S. The summed E-state index contributed by atoms with van der Waals surface area (Å²) in [6.07, 6.45) is 4.67. The first kappa shape index (κ1) is 15.5. The van der Waals surface area contributed by atoms with Gasteiger partial charge in [-0.2, -0.15) is 13.5 Å². The second kappa shape index (κ2) is 6.23. The minimum atomic E-state index is -3.69. The van der Waals surface area contributed by atoms with Crippen molar-refractivity contribution >= 4 is 15.7 Å². The van der Waals surface area contributed by atoms with Gasteiger partial charge in [0.25, 0.3) is 10.0 Å². The van der Waals surface area contributed by atoms with Gasteiger partial charge in [0.1, 0.15) is 0 Å². The number of nitrogens with zero attached hydrogens (tertiary/aromatic N) is 3. The third-order valence-corrected chi connectivity index (χ3v) is 4.13. The van der Waals surface area contributed by atoms with E-state index >= 15 is 0 Å². The topological polar surface area (TPSA) is 88.9 Å². The highest BCUT2D eigenvalue weighted by molar-refractivity contribution is 7.92. The van der Waals surface area contributed by atoms with Crippen LogP contribution < -0.4 is 10.0 Å². The Hall–Kier alpha value is -1.93. The molecule has 0 aliphatic heterocycles. The van der Waals surface area contributed by atoms with Crippen LogP contribution in [-0.4, -0.2) is 30.2 Å². The molecule has 114 valence electrons. The zero-order valence-corrected chi connectivity index (χ0v) is 13.1. The number of hydrogen-bond acceptors (Lipinski definition) is 5. The third-order valence-electron chi connectivity index (χ3n) is 2.84. The van der Waals surface area contributed by atoms with Gasteiger partial charge in [0.05, 0.1) is 11.9 Å². The maximum absolute atomic E-state index is 12.2. The number of pyridine rings is 1. The zero-order valence-electron chi connectivity index (χ0n) is 12.2. The lowest BCUT2D eigenvalue weighted by atomic mass is 10.3. The molecule has 0 aromatic carbocycles. The highest BCUT2D eigenvalue weighted by Crippen LogP contribution is 2.15. The lowest BCUT2D eigenvalue weighted by molar-refractivity contribution is 0.532. The highest BCUT2D eigenvalue weighted by atomic mass is 32.2. The zero-order chi connectivity index (χ0) is 15.5. The lowest BCUT2D eigenvalue weighted by Crippen LogP contribution is -2.14. The Morgan fingerprint density at radius 3 is 2.57 bits per heavy atom. The van der Waals surface area contributed by atoms with E-state index < -0.39 is 10.0 Å². The Labute approximate surface area is 124 Å². The van der Waals surface area contributed by atoms with Crippen LogP contribution in [0, 0.1) is 0 Å². The fraction of sp³-hybridized carbons (Fsp3) is 0.385. The van der Waals surface area contributed by atoms with E-state index in [-0.39, 0.29) is 11.1 Å². The molecule has 0 radical (unpaired) electrons. The summed E-state index contributed by atoms with van der Waals surface area (Å²) in [4.78, 5) is 3.99. The first-order valence-corrected chi connectivity index (χ1v) is 8.07. The standard InChI is InChI=1S/C13H19N5O2S/c1-10(2)18-9-12(8-16-18)17-21(19,20)13-5-4-11(6-14-3)7-15-13/h4-5,7-10,14,17H,6H2,1-3H3. The second-order valence-corrected chi connectivity index (χ2v) is 6.57. The molecule has 0 aliphatic rings. The summed E-state index contributed by atoms with van der Waals surface area (Å²) >= 11 is 0. The van der Waals surface area contributed by atoms with E-state index in [4.69, 9.17) is 0 Å². The summed E-state index contributed by atoms with van der Waals surface area (Å²) in [5.74, 6) is 0. The Bertz CT molecular complexity index is 692. The van der Waals surface area contributed by atoms with Crippen LogP contribution in [0.4, 0.5) is 5.69 Å². The van der Waals surface area contributed by atoms with Crippen molar-refractivity contribution in [2.75, 3.05) is 11.8 Å². The SMILES string of the molecule is CNCc1ccc(S(=O)(=O)Nc2cnn(C(C)C)c2)nc1. The molecule has 0 fully saturated rings. The molecular weight excluding hydrogens is 290 g/mol. The van der Waals surface area contributed by atoms with Crippen molar-refractivity contribution in [2.45, 2.75) is 31.5 Å². The Morgan fingerprint density at radius 2 is 2.05 bits per heavy atom. The monoisotopic (exact) mass is 309 g/mol. The predicted octanol–water partition coefficient (Wildman–Crippen LogP) is 1.38. The van der Waals surface area contributed by atoms with Crippen LogP contribution in [0.1, 0.15) is 25.5 Å². The first-order chi connectivity index (χ1) is 9.92. The van der Waals surface area contributed by atoms with Crippen LogP contribution in [0.5, 0.6) is 0 Å². The van der Waals surface area contributed by atoms with Crippen molar-refractivity contribution < 1.29 is 8.42 Å². The maximum atomic E-state index is 12.2. The smallest absolute Gasteiger partial charge is 0.279 e. The van der Waals surface area contributed by atoms with Gasteiger partial charge < -0.3 is 5.32 Å². The molecule has 21 heavy (non-hydrogen) atoms. The number of aromatic nitrogens is 3. The summed E-state index contributed by atoms with van der Waals surface area (Å²) in [6, 6.07) is 3.39. The van der Waals surface area contributed by atoms with E-state index in [9.17, 15) is 8.42 Å². The predicted molar refractivity (Wildman–Crippen MR) is 80.4 cm³/mol. The third kappa shape index (κ3) is 3.79. The van der Waals surface area contributed by atoms with Gasteiger partial charge >= 0.3 is 0 Å². The Morgan fingerprint density at radius 1 is 1.29 bits per heavy atom. The van der Waals surface area contributed by atoms with Gasteiger partial charge in [0.15, 0.2) is 5.03 Å². The van der Waals surface area contributed by atoms with Crippen LogP contribution in [0.2, 0.25) is 0 Å². The van der Waals surface area contributed by atoms with E-state index in [2.05, 4.69) is 20.1 Å². The lowest BCUT2D eigenvalue weighted by Gasteiger charge is -2.06. The molecule has 7 nitrogen and oxygen atoms in total. The fourth-order valence-corrected chi connectivity index (χ4v) is 2.72. The molecule has 2 aromatic heterocycles. The molecule has 2 heterocycles. The number of sulfonamides is 1. The summed E-state index contributed by atoms with van der Waals surface area (Å²) in [5.41, 5.74) is 1.34. The van der Waals surface area contributed by atoms with Gasteiger partial charge in [-0.1, -0.05) is 6.07 Å². The van der Waals surface area contributed by atoms with Gasteiger partial charge in [-0.3, -0.25) is 9.40 Å². The van der Waals surface area contributed by atoms with Gasteiger partial charge in [-0.15, -0.1) is 0 Å². The van der Waals surface area contributed by atoms with Crippen LogP contribution in [0.15, 0.2) is 35.7 Å². The van der Waals surface area contributed by atoms with Crippen LogP contribution in [0.25, 0.3) is 0 Å². The van der Waals surface area contributed by atoms with Crippen molar-refractivity contribution in [3.8, 4) is 0 Å². The van der Waals surface area contributed by atoms with Crippen molar-refractivity contribution in [1.82, 2.24) is 20.1 Å². The van der Waals surface area contributed by atoms with Crippen LogP contribution >= 0.6 is 0 Å². The van der Waals surface area contributed by atoms with E-state index in [0.29, 0.717) is 12.2 Å². The summed E-state index contributed by atoms with van der Waals surface area (Å²) in [6.45, 7) is 4.57. The molecule has 0 aliphatic carbocycles. The molecule has 0 spiro atoms. The summed E-state index contributed by atoms with van der Waals surface area (Å²) in [7, 11) is -1.87. The summed E-state index contributed by atoms with van der Waals surface area (Å²) < 4.78 is 28.6. The average Bonchev–Trinajstić information content (AvgIpc) is 2.88. The van der Waals surface area contributed by atoms with Gasteiger partial charge in [-0.05, 0) is 32.5 Å². The van der Waals surface area contributed by atoms with Gasteiger partial charge in [0.2, 0.25) is 0 Å². The number of rotatable bonds is 6. The van der Waals surface area contributed by atoms with Crippen molar-refractivity contribution in [3.05, 3.63) is 36.3 Å². The Kier molecular flexibility index (Phi) is 4.59. The normalized spacial score (nSPS) is 11.8. The van der Waals surface area contributed by atoms with Crippen molar-refractivity contribution in [2.24, 2.45) is 0 Å². The highest BCUT2D eigenvalue weighted by Gasteiger charge is 2.16. The second-order valence-electron chi connectivity index (χ2n) is 4.94. The molecule has 8 heteroatoms. The largest absolute Gasteiger partial charge is 0.316 e. The molecule has 2 aromatic rings. The fourth-order valence-electron chi connectivity index (χ4n) is 1.76. The molecule has 0 unspecified atom stereocenters. The van der Waals surface area contributed by atoms with Crippen LogP contribution in [-0.2, 0) is 16.6 Å². The summed E-state index contributed by atoms with van der Waals surface area (Å²) in [5, 5.41) is 7.06. The van der Waals surface area contributed by atoms with Gasteiger partial charge in [0, 0.05) is 25.0 Å². The number of nitrogens with one attached hydrogen (secondary N) is 2. The van der Waals surface area contributed by atoms with E-state index in [1.807, 2.05) is 20.9 Å². The minimum Gasteiger partial charge on any atom is -0.316 e. The number of anilines is 1. The maximum Gasteiger partial charge on any atom is 0.279 e. The molecule has 0 saturated carbocycles. The average molecular weight is 309 g/mol. The first-order valence-electron chi connectivity index (χ1n) is 6.59. The number of hydrogen-bond donors (Lipinski definition) is 2. The quantitative estimate of drug-likeness (QED) is 0.841. The molecule has 2 rings (SSSR count). The Balaban J connectivity index is 2.17. The molecule has 0 atom stereocenters. The van der Waals surface area contributed by atoms with Crippen molar-refractivity contribution in [1.29, 1.82) is 0 Å². The molecule has 2 N–H and O–H groups in total. The van der Waals surface area contributed by atoms with Crippen LogP contribution in [0.3, 0.4) is 0 Å². The van der Waals surface area contributed by atoms with E-state index in [1.54, 1.807) is 23.1 Å².